The fourth-order valence-electron chi connectivity index (χ4n) is 4.71. The number of rotatable bonds is 4. The summed E-state index contributed by atoms with van der Waals surface area (Å²) in [6.07, 6.45) is 5.87. The van der Waals surface area contributed by atoms with Gasteiger partial charge in [-0.1, -0.05) is 0 Å². The first-order valence-electron chi connectivity index (χ1n) is 10.1. The maximum Gasteiger partial charge on any atom is 0.267 e. The van der Waals surface area contributed by atoms with Crippen molar-refractivity contribution >= 4 is 11.8 Å². The molecule has 2 aromatic heterocycles. The highest BCUT2D eigenvalue weighted by Crippen LogP contribution is 2.27. The van der Waals surface area contributed by atoms with E-state index in [9.17, 15) is 4.79 Å². The van der Waals surface area contributed by atoms with Crippen molar-refractivity contribution in [3.05, 3.63) is 44.6 Å². The summed E-state index contributed by atoms with van der Waals surface area (Å²) in [7, 11) is 2.08. The predicted molar refractivity (Wildman–Crippen MR) is 107 cm³/mol. The largest absolute Gasteiger partial charge is 0.297 e. The molecule has 0 spiro atoms. The van der Waals surface area contributed by atoms with Gasteiger partial charge < -0.3 is 0 Å². The van der Waals surface area contributed by atoms with Crippen molar-refractivity contribution < 1.29 is 0 Å². The molecule has 5 rings (SSSR count). The molecular formula is C20H27N5OS. The van der Waals surface area contributed by atoms with Crippen molar-refractivity contribution in [2.24, 2.45) is 13.0 Å². The second-order valence-electron chi connectivity index (χ2n) is 8.20. The molecular weight excluding hydrogens is 358 g/mol. The van der Waals surface area contributed by atoms with Crippen LogP contribution in [0.1, 0.15) is 41.1 Å². The Morgan fingerprint density at radius 2 is 2.00 bits per heavy atom. The fourth-order valence-corrected chi connectivity index (χ4v) is 5.66. The van der Waals surface area contributed by atoms with Crippen LogP contribution in [0.4, 0.5) is 0 Å². The van der Waals surface area contributed by atoms with Crippen LogP contribution in [-0.2, 0) is 45.2 Å². The molecule has 0 bridgehead atoms. The zero-order valence-corrected chi connectivity index (χ0v) is 16.8. The van der Waals surface area contributed by atoms with Gasteiger partial charge >= 0.3 is 0 Å². The molecule has 0 unspecified atom stereocenters. The van der Waals surface area contributed by atoms with E-state index in [1.165, 1.54) is 36.2 Å². The Bertz CT molecular complexity index is 912. The molecule has 1 fully saturated rings. The van der Waals surface area contributed by atoms with Crippen LogP contribution >= 0.6 is 11.8 Å². The van der Waals surface area contributed by atoms with Crippen molar-refractivity contribution in [1.29, 1.82) is 0 Å². The van der Waals surface area contributed by atoms with E-state index < -0.39 is 0 Å². The van der Waals surface area contributed by atoms with Crippen LogP contribution in [0.5, 0.6) is 0 Å². The molecule has 2 aromatic rings. The number of aromatic nitrogens is 4. The van der Waals surface area contributed by atoms with Gasteiger partial charge in [-0.15, -0.1) is 0 Å². The Morgan fingerprint density at radius 3 is 2.89 bits per heavy atom. The Balaban J connectivity index is 1.22. The van der Waals surface area contributed by atoms with Gasteiger partial charge in [0.15, 0.2) is 0 Å². The van der Waals surface area contributed by atoms with Gasteiger partial charge in [-0.05, 0) is 42.6 Å². The summed E-state index contributed by atoms with van der Waals surface area (Å²) in [5, 5.41) is 9.40. The fraction of sp³-hybridized carbons (Fsp3) is 0.650. The van der Waals surface area contributed by atoms with Crippen molar-refractivity contribution in [1.82, 2.24) is 24.5 Å². The van der Waals surface area contributed by atoms with Crippen LogP contribution in [0.25, 0.3) is 0 Å². The van der Waals surface area contributed by atoms with Gasteiger partial charge in [-0.25, -0.2) is 4.68 Å². The summed E-state index contributed by atoms with van der Waals surface area (Å²) in [5.74, 6) is 2.57. The Kier molecular flexibility index (Phi) is 4.60. The lowest BCUT2D eigenvalue weighted by atomic mass is 9.94. The highest BCUT2D eigenvalue weighted by molar-refractivity contribution is 7.98. The highest BCUT2D eigenvalue weighted by Gasteiger charge is 2.30. The lowest BCUT2D eigenvalue weighted by molar-refractivity contribution is 0.0737. The van der Waals surface area contributed by atoms with Gasteiger partial charge in [0.2, 0.25) is 0 Å². The molecule has 4 heterocycles. The van der Waals surface area contributed by atoms with Gasteiger partial charge in [0, 0.05) is 50.8 Å². The van der Waals surface area contributed by atoms with E-state index in [4.69, 9.17) is 5.10 Å². The Labute approximate surface area is 163 Å². The van der Waals surface area contributed by atoms with E-state index in [2.05, 4.69) is 21.7 Å². The molecule has 144 valence electrons. The minimum absolute atomic E-state index is 0.0652. The summed E-state index contributed by atoms with van der Waals surface area (Å²) in [5.41, 5.74) is 6.55. The molecule has 0 aromatic carbocycles. The molecule has 1 saturated heterocycles. The summed E-state index contributed by atoms with van der Waals surface area (Å²) in [6.45, 7) is 3.82. The van der Waals surface area contributed by atoms with Gasteiger partial charge in [0.1, 0.15) is 0 Å². The molecule has 0 N–H and O–H groups in total. The lowest BCUT2D eigenvalue weighted by Crippen LogP contribution is -2.49. The zero-order chi connectivity index (χ0) is 18.4. The average Bonchev–Trinajstić information content (AvgIpc) is 2.95. The van der Waals surface area contributed by atoms with Crippen LogP contribution in [-0.4, -0.2) is 43.3 Å². The number of fused-ring (bicyclic) bond motifs is 2. The summed E-state index contributed by atoms with van der Waals surface area (Å²) in [6, 6.07) is 1.81. The minimum Gasteiger partial charge on any atom is -0.297 e. The first-order chi connectivity index (χ1) is 13.2. The number of hydrogen-bond acceptors (Lipinski definition) is 5. The van der Waals surface area contributed by atoms with Crippen LogP contribution in [0, 0.1) is 5.92 Å². The highest BCUT2D eigenvalue weighted by atomic mass is 32.2. The van der Waals surface area contributed by atoms with Gasteiger partial charge in [-0.3, -0.25) is 14.4 Å². The molecule has 2 aliphatic heterocycles. The van der Waals surface area contributed by atoms with E-state index >= 15 is 0 Å². The third-order valence-corrected chi connectivity index (χ3v) is 7.20. The van der Waals surface area contributed by atoms with Crippen molar-refractivity contribution in [3.8, 4) is 0 Å². The summed E-state index contributed by atoms with van der Waals surface area (Å²) < 4.78 is 3.81. The van der Waals surface area contributed by atoms with Gasteiger partial charge in [-0.2, -0.15) is 22.0 Å². The molecule has 0 amide bonds. The molecule has 27 heavy (non-hydrogen) atoms. The van der Waals surface area contributed by atoms with Gasteiger partial charge in [0.25, 0.3) is 5.56 Å². The van der Waals surface area contributed by atoms with Gasteiger partial charge in [0.05, 0.1) is 23.6 Å². The normalized spacial score (nSPS) is 20.2. The van der Waals surface area contributed by atoms with E-state index in [-0.39, 0.29) is 5.56 Å². The van der Waals surface area contributed by atoms with Crippen LogP contribution in [0.2, 0.25) is 0 Å². The molecule has 1 aliphatic carbocycles. The SMILES string of the molecule is Cn1nc2c(c1CN1CC(Cn3nc4c(cc3=O)CSCC4)C1)CCCC2. The first kappa shape index (κ1) is 17.5. The molecule has 6 nitrogen and oxygen atoms in total. The standard InChI is InChI=1S/C20H27N5OS/c1-23-19(16-4-2-3-5-18(16)21-23)12-24-9-14(10-24)11-25-20(26)8-15-13-27-7-6-17(15)22-25/h8,14H,2-7,9-13H2,1H3. The number of aryl methyl sites for hydroxylation is 3. The topological polar surface area (TPSA) is 56.0 Å². The second kappa shape index (κ2) is 7.09. The first-order valence-corrected chi connectivity index (χ1v) is 11.3. The minimum atomic E-state index is 0.0652. The lowest BCUT2D eigenvalue weighted by Gasteiger charge is -2.39. The number of likely N-dealkylation sites (tertiary alicyclic amines) is 1. The second-order valence-corrected chi connectivity index (χ2v) is 9.31. The summed E-state index contributed by atoms with van der Waals surface area (Å²) in [4.78, 5) is 14.9. The number of thioether (sulfide) groups is 1. The van der Waals surface area contributed by atoms with E-state index in [1.807, 2.05) is 17.8 Å². The average molecular weight is 386 g/mol. The Hall–Kier alpha value is -1.60. The van der Waals surface area contributed by atoms with E-state index in [0.29, 0.717) is 5.92 Å². The van der Waals surface area contributed by atoms with E-state index in [1.54, 1.807) is 4.68 Å². The van der Waals surface area contributed by atoms with Crippen LogP contribution in [0.15, 0.2) is 10.9 Å². The maximum absolute atomic E-state index is 12.4. The smallest absolute Gasteiger partial charge is 0.267 e. The van der Waals surface area contributed by atoms with Crippen LogP contribution < -0.4 is 5.56 Å². The van der Waals surface area contributed by atoms with Crippen molar-refractivity contribution in [3.63, 3.8) is 0 Å². The molecule has 0 radical (unpaired) electrons. The molecule has 0 atom stereocenters. The monoisotopic (exact) mass is 385 g/mol. The summed E-state index contributed by atoms with van der Waals surface area (Å²) >= 11 is 1.89. The van der Waals surface area contributed by atoms with Crippen molar-refractivity contribution in [2.45, 2.75) is 50.9 Å². The van der Waals surface area contributed by atoms with Crippen LogP contribution in [0.3, 0.4) is 0 Å². The third-order valence-electron chi connectivity index (χ3n) is 6.19. The number of nitrogens with zero attached hydrogens (tertiary/aromatic N) is 5. The quantitative estimate of drug-likeness (QED) is 0.803. The van der Waals surface area contributed by atoms with E-state index in [0.717, 1.165) is 61.8 Å². The van der Waals surface area contributed by atoms with Crippen molar-refractivity contribution in [2.75, 3.05) is 18.8 Å². The molecule has 7 heteroatoms. The third kappa shape index (κ3) is 3.36. The predicted octanol–water partition coefficient (Wildman–Crippen LogP) is 1.78. The molecule has 3 aliphatic rings. The maximum atomic E-state index is 12.4. The number of hydrogen-bond donors (Lipinski definition) is 0. The zero-order valence-electron chi connectivity index (χ0n) is 16.0. The molecule has 0 saturated carbocycles. The Morgan fingerprint density at radius 1 is 1.15 bits per heavy atom.